The van der Waals surface area contributed by atoms with Gasteiger partial charge in [0.15, 0.2) is 5.17 Å². The highest BCUT2D eigenvalue weighted by atomic mass is 32.2. The van der Waals surface area contributed by atoms with Gasteiger partial charge in [-0.25, -0.2) is 5.01 Å². The van der Waals surface area contributed by atoms with Gasteiger partial charge in [0.1, 0.15) is 11.9 Å². The van der Waals surface area contributed by atoms with Gasteiger partial charge in [0.25, 0.3) is 5.91 Å². The Kier molecular flexibility index (Phi) is 5.58. The van der Waals surface area contributed by atoms with E-state index in [1.54, 1.807) is 11.8 Å². The molecule has 0 spiro atoms. The number of amides is 1. The summed E-state index contributed by atoms with van der Waals surface area (Å²) in [6.07, 6.45) is 6.47. The Bertz CT molecular complexity index is 952. The van der Waals surface area contributed by atoms with Crippen LogP contribution in [0.5, 0.6) is 0 Å². The van der Waals surface area contributed by atoms with E-state index in [4.69, 9.17) is 10.1 Å². The second-order valence-electron chi connectivity index (χ2n) is 7.95. The topological polar surface area (TPSA) is 57.1 Å². The van der Waals surface area contributed by atoms with Crippen molar-refractivity contribution in [3.63, 3.8) is 0 Å². The Morgan fingerprint density at radius 2 is 2.14 bits per heavy atom. The lowest BCUT2D eigenvalue weighted by Gasteiger charge is -2.40. The van der Waals surface area contributed by atoms with E-state index in [9.17, 15) is 4.79 Å². The summed E-state index contributed by atoms with van der Waals surface area (Å²) < 4.78 is 0. The Morgan fingerprint density at radius 3 is 2.93 bits per heavy atom. The fourth-order valence-electron chi connectivity index (χ4n) is 4.24. The van der Waals surface area contributed by atoms with Crippen LogP contribution < -0.4 is 15.9 Å². The lowest BCUT2D eigenvalue weighted by Crippen LogP contribution is -2.55. The Balaban J connectivity index is 1.78. The number of rotatable bonds is 4. The molecule has 28 heavy (non-hydrogen) atoms. The lowest BCUT2D eigenvalue weighted by atomic mass is 9.79. The molecule has 4 rings (SSSR count). The van der Waals surface area contributed by atoms with Crippen LogP contribution in [0.1, 0.15) is 46.5 Å². The third-order valence-electron chi connectivity index (χ3n) is 5.78. The van der Waals surface area contributed by atoms with E-state index in [-0.39, 0.29) is 12.1 Å². The van der Waals surface area contributed by atoms with Gasteiger partial charge in [-0.3, -0.25) is 15.1 Å². The van der Waals surface area contributed by atoms with E-state index < -0.39 is 0 Å². The summed E-state index contributed by atoms with van der Waals surface area (Å²) in [7, 11) is 0. The molecule has 1 aromatic carbocycles. The number of allylic oxidation sites excluding steroid dienone is 2. The van der Waals surface area contributed by atoms with Crippen molar-refractivity contribution in [2.45, 2.75) is 52.6 Å². The first-order valence-electron chi connectivity index (χ1n) is 10.2. The first-order valence-corrected chi connectivity index (χ1v) is 11.2. The number of hydrogen-bond donors (Lipinski definition) is 1. The molecule has 5 nitrogen and oxygen atoms in total. The van der Waals surface area contributed by atoms with Gasteiger partial charge in [-0.05, 0) is 38.2 Å². The Hall–Kier alpha value is -2.08. The molecule has 0 bridgehead atoms. The Labute approximate surface area is 170 Å². The van der Waals surface area contributed by atoms with Gasteiger partial charge >= 0.3 is 0 Å². The number of hydrogen-bond acceptors (Lipinski definition) is 5. The van der Waals surface area contributed by atoms with Crippen molar-refractivity contribution in [3.8, 4) is 0 Å². The standard InChI is InChI=1S/C22H28N4OS/c1-4-5-12-28-22-24-21(27)19-17-8-6-7-9-18(17)23-20(26(19)25-22)16-11-10-14(2)13-15(16)3/h6-10,15-16,20H,4-5,11-13H2,1-3H3,(H,24,25,27)/t15-,16+,20+/m1/s1. The fraction of sp³-hybridized carbons (Fsp3) is 0.500. The van der Waals surface area contributed by atoms with E-state index in [1.807, 2.05) is 29.3 Å². The first-order chi connectivity index (χ1) is 13.6. The summed E-state index contributed by atoms with van der Waals surface area (Å²) in [4.78, 5) is 18.1. The van der Waals surface area contributed by atoms with Crippen LogP contribution in [0.3, 0.4) is 0 Å². The molecule has 1 N–H and O–H groups in total. The molecule has 148 valence electrons. The van der Waals surface area contributed by atoms with Crippen LogP contribution in [0.2, 0.25) is 0 Å². The number of para-hydroxylation sites is 1. The minimum Gasteiger partial charge on any atom is -0.298 e. The predicted molar refractivity (Wildman–Crippen MR) is 115 cm³/mol. The summed E-state index contributed by atoms with van der Waals surface area (Å²) in [6, 6.07) is 7.91. The molecule has 1 aliphatic carbocycles. The van der Waals surface area contributed by atoms with E-state index >= 15 is 0 Å². The largest absolute Gasteiger partial charge is 0.298 e. The molecule has 1 aromatic rings. The normalized spacial score (nSPS) is 26.5. The van der Waals surface area contributed by atoms with Crippen LogP contribution in [0.4, 0.5) is 0 Å². The van der Waals surface area contributed by atoms with Crippen LogP contribution in [0.25, 0.3) is 5.70 Å². The average molecular weight is 397 g/mol. The molecule has 0 saturated heterocycles. The van der Waals surface area contributed by atoms with Crippen molar-refractivity contribution in [1.29, 1.82) is 0 Å². The number of thioether (sulfide) groups is 1. The minimum absolute atomic E-state index is 0.0727. The number of nitrogens with one attached hydrogen (secondary N) is 1. The minimum atomic E-state index is -0.142. The zero-order valence-corrected chi connectivity index (χ0v) is 17.6. The van der Waals surface area contributed by atoms with E-state index in [0.29, 0.717) is 22.7 Å². The number of benzene rings is 1. The van der Waals surface area contributed by atoms with Gasteiger partial charge in [-0.2, -0.15) is 0 Å². The number of carbonyl (C=O) groups is 1. The van der Waals surface area contributed by atoms with Crippen molar-refractivity contribution in [2.24, 2.45) is 21.9 Å². The van der Waals surface area contributed by atoms with Crippen molar-refractivity contribution in [3.05, 3.63) is 46.5 Å². The number of amidine groups is 1. The smallest absolute Gasteiger partial charge is 0.276 e. The second kappa shape index (κ2) is 8.11. The third-order valence-corrected chi connectivity index (χ3v) is 6.73. The molecule has 0 radical (unpaired) electrons. The van der Waals surface area contributed by atoms with Crippen molar-refractivity contribution < 1.29 is 4.79 Å². The van der Waals surface area contributed by atoms with Crippen LogP contribution in [-0.2, 0) is 4.79 Å². The first kappa shape index (κ1) is 19.2. The number of fused-ring (bicyclic) bond motifs is 2. The predicted octanol–water partition coefficient (Wildman–Crippen LogP) is 2.98. The van der Waals surface area contributed by atoms with Gasteiger partial charge < -0.3 is 0 Å². The van der Waals surface area contributed by atoms with E-state index in [2.05, 4.69) is 32.2 Å². The van der Waals surface area contributed by atoms with Crippen LogP contribution in [-0.4, -0.2) is 28.0 Å². The molecule has 0 unspecified atom stereocenters. The summed E-state index contributed by atoms with van der Waals surface area (Å²) in [5.74, 6) is 1.72. The molecule has 0 aromatic heterocycles. The molecular formula is C22H28N4OS. The molecule has 3 atom stereocenters. The number of carbonyl (C=O) groups excluding carboxylic acids is 1. The monoisotopic (exact) mass is 396 g/mol. The molecule has 0 saturated carbocycles. The molecule has 1 amide bonds. The van der Waals surface area contributed by atoms with Crippen LogP contribution in [0.15, 0.2) is 46.0 Å². The highest BCUT2D eigenvalue weighted by Crippen LogP contribution is 2.36. The van der Waals surface area contributed by atoms with Crippen molar-refractivity contribution >= 4 is 28.5 Å². The van der Waals surface area contributed by atoms with Gasteiger partial charge in [0, 0.05) is 16.9 Å². The van der Waals surface area contributed by atoms with E-state index in [1.165, 1.54) is 5.57 Å². The zero-order chi connectivity index (χ0) is 19.7. The molecule has 0 fully saturated rings. The van der Waals surface area contributed by atoms with Gasteiger partial charge in [0.05, 0.1) is 5.36 Å². The van der Waals surface area contributed by atoms with Gasteiger partial charge in [-0.1, -0.05) is 61.9 Å². The summed E-state index contributed by atoms with van der Waals surface area (Å²) in [5, 5.41) is 12.2. The number of hydrazone groups is 1. The van der Waals surface area contributed by atoms with Gasteiger partial charge in [-0.15, -0.1) is 5.10 Å². The van der Waals surface area contributed by atoms with Gasteiger partial charge in [0.2, 0.25) is 0 Å². The highest BCUT2D eigenvalue weighted by Gasteiger charge is 2.39. The number of nitrogens with zero attached hydrogens (tertiary/aromatic N) is 3. The van der Waals surface area contributed by atoms with Crippen molar-refractivity contribution in [1.82, 2.24) is 10.3 Å². The maximum Gasteiger partial charge on any atom is 0.276 e. The number of unbranched alkanes of at least 4 members (excludes halogenated alkanes) is 1. The third kappa shape index (κ3) is 3.62. The SMILES string of the molecule is CCCCSC1=NN2C(=c3ccccc3=N[C@@H]2[C@H]2CC=C(C)C[C@H]2C)C(=O)N1. The zero-order valence-electron chi connectivity index (χ0n) is 16.8. The second-order valence-corrected chi connectivity index (χ2v) is 9.03. The lowest BCUT2D eigenvalue weighted by molar-refractivity contribution is -0.116. The summed E-state index contributed by atoms with van der Waals surface area (Å²) >= 11 is 1.62. The summed E-state index contributed by atoms with van der Waals surface area (Å²) in [5.41, 5.74) is 2.08. The quantitative estimate of drug-likeness (QED) is 0.629. The molecule has 6 heteroatoms. The highest BCUT2D eigenvalue weighted by molar-refractivity contribution is 8.13. The summed E-state index contributed by atoms with van der Waals surface area (Å²) in [6.45, 7) is 6.66. The molecular weight excluding hydrogens is 368 g/mol. The van der Waals surface area contributed by atoms with Crippen molar-refractivity contribution in [2.75, 3.05) is 5.75 Å². The molecule has 3 aliphatic rings. The van der Waals surface area contributed by atoms with Crippen LogP contribution in [0, 0.1) is 11.8 Å². The molecule has 2 aliphatic heterocycles. The maximum atomic E-state index is 13.1. The average Bonchev–Trinajstić information content (AvgIpc) is 2.67. The molecule has 2 heterocycles. The van der Waals surface area contributed by atoms with E-state index in [0.717, 1.165) is 42.0 Å². The Morgan fingerprint density at radius 1 is 1.32 bits per heavy atom. The van der Waals surface area contributed by atoms with Crippen LogP contribution >= 0.6 is 11.8 Å². The maximum absolute atomic E-state index is 13.1. The fourth-order valence-corrected chi connectivity index (χ4v) is 5.17.